The second-order valence-electron chi connectivity index (χ2n) is 8.14. The Labute approximate surface area is 184 Å². The topological polar surface area (TPSA) is 59.1 Å². The van der Waals surface area contributed by atoms with Crippen LogP contribution in [0.1, 0.15) is 23.5 Å². The average molecular weight is 445 g/mol. The van der Waals surface area contributed by atoms with Crippen LogP contribution in [-0.4, -0.2) is 54.6 Å². The molecule has 0 radical (unpaired) electrons. The number of fused-ring (bicyclic) bond motifs is 1. The van der Waals surface area contributed by atoms with Gasteiger partial charge in [0.05, 0.1) is 6.42 Å². The van der Waals surface area contributed by atoms with E-state index < -0.39 is 5.82 Å². The quantitative estimate of drug-likeness (QED) is 0.726. The van der Waals surface area contributed by atoms with Gasteiger partial charge in [0.1, 0.15) is 5.82 Å². The maximum absolute atomic E-state index is 14.0. The lowest BCUT2D eigenvalue weighted by molar-refractivity contribution is -0.140. The van der Waals surface area contributed by atoms with Crippen molar-refractivity contribution in [2.24, 2.45) is 5.92 Å². The fourth-order valence-electron chi connectivity index (χ4n) is 4.36. The minimum absolute atomic E-state index is 0.0279. The first-order valence-electron chi connectivity index (χ1n) is 10.4. The summed E-state index contributed by atoms with van der Waals surface area (Å²) < 4.78 is 24.7. The summed E-state index contributed by atoms with van der Waals surface area (Å²) >= 11 is 6.04. The third-order valence-electron chi connectivity index (χ3n) is 6.27. The third kappa shape index (κ3) is 3.94. The molecule has 2 amide bonds. The molecule has 0 spiro atoms. The fraction of sp³-hybridized carbons (Fsp3) is 0.391. The van der Waals surface area contributed by atoms with Gasteiger partial charge in [-0.3, -0.25) is 9.59 Å². The molecule has 5 rings (SSSR count). The highest BCUT2D eigenvalue weighted by molar-refractivity contribution is 6.31. The number of hydrogen-bond donors (Lipinski definition) is 0. The van der Waals surface area contributed by atoms with Crippen molar-refractivity contribution in [3.05, 3.63) is 58.4 Å². The summed E-state index contributed by atoms with van der Waals surface area (Å²) in [6.45, 7) is 2.09. The molecule has 6 nitrogen and oxygen atoms in total. The van der Waals surface area contributed by atoms with Gasteiger partial charge in [-0.05, 0) is 42.2 Å². The van der Waals surface area contributed by atoms with Crippen LogP contribution in [0.15, 0.2) is 36.4 Å². The molecule has 2 aromatic carbocycles. The number of carbonyl (C=O) groups excluding carboxylic acids is 2. The molecule has 0 bridgehead atoms. The van der Waals surface area contributed by atoms with Gasteiger partial charge in [-0.1, -0.05) is 23.7 Å². The van der Waals surface area contributed by atoms with E-state index in [1.54, 1.807) is 11.0 Å². The van der Waals surface area contributed by atoms with E-state index in [1.807, 2.05) is 23.1 Å². The maximum atomic E-state index is 14.0. The molecule has 1 aliphatic carbocycles. The van der Waals surface area contributed by atoms with E-state index in [9.17, 15) is 14.0 Å². The van der Waals surface area contributed by atoms with Crippen molar-refractivity contribution in [3.63, 3.8) is 0 Å². The van der Waals surface area contributed by atoms with Crippen molar-refractivity contribution in [1.82, 2.24) is 9.80 Å². The molecular weight excluding hydrogens is 423 g/mol. The van der Waals surface area contributed by atoms with Gasteiger partial charge >= 0.3 is 0 Å². The summed E-state index contributed by atoms with van der Waals surface area (Å²) in [4.78, 5) is 29.0. The maximum Gasteiger partial charge on any atom is 0.231 e. The standard InChI is InChI=1S/C23H22ClFN2O4/c24-18-2-1-3-19(25)17(18)12-22(28)26-6-8-27(9-7-26)23(29)16-11-15(16)14-4-5-20-21(10-14)31-13-30-20/h1-5,10,15-16H,6-9,11-13H2/t15-,16-/m0/s1. The average Bonchev–Trinajstić information content (AvgIpc) is 3.44. The zero-order chi connectivity index (χ0) is 21.5. The van der Waals surface area contributed by atoms with Crippen molar-refractivity contribution in [2.75, 3.05) is 33.0 Å². The Morgan fingerprint density at radius 2 is 1.77 bits per heavy atom. The van der Waals surface area contributed by atoms with Crippen LogP contribution in [0, 0.1) is 11.7 Å². The van der Waals surface area contributed by atoms with Gasteiger partial charge in [0, 0.05) is 42.7 Å². The van der Waals surface area contributed by atoms with E-state index in [0.29, 0.717) is 26.2 Å². The Bertz CT molecular complexity index is 1020. The molecule has 2 heterocycles. The van der Waals surface area contributed by atoms with E-state index in [4.69, 9.17) is 21.1 Å². The molecule has 3 aliphatic rings. The molecule has 31 heavy (non-hydrogen) atoms. The van der Waals surface area contributed by atoms with Crippen molar-refractivity contribution >= 4 is 23.4 Å². The van der Waals surface area contributed by atoms with Gasteiger partial charge in [0.2, 0.25) is 18.6 Å². The van der Waals surface area contributed by atoms with Crippen LogP contribution >= 0.6 is 11.6 Å². The molecule has 162 valence electrons. The Hall–Kier alpha value is -2.80. The molecule has 1 saturated heterocycles. The number of amides is 2. The monoisotopic (exact) mass is 444 g/mol. The number of benzene rings is 2. The molecular formula is C23H22ClFN2O4. The normalized spacial score (nSPS) is 21.9. The number of nitrogens with zero attached hydrogens (tertiary/aromatic N) is 2. The Balaban J connectivity index is 1.15. The minimum atomic E-state index is -0.474. The summed E-state index contributed by atoms with van der Waals surface area (Å²) in [6.07, 6.45) is 0.748. The van der Waals surface area contributed by atoms with Crippen LogP contribution in [0.4, 0.5) is 4.39 Å². The summed E-state index contributed by atoms with van der Waals surface area (Å²) in [5.74, 6) is 1.13. The molecule has 1 saturated carbocycles. The van der Waals surface area contributed by atoms with Crippen LogP contribution in [0.3, 0.4) is 0 Å². The lowest BCUT2D eigenvalue weighted by Crippen LogP contribution is -2.51. The van der Waals surface area contributed by atoms with Crippen LogP contribution in [0.25, 0.3) is 0 Å². The molecule has 2 aliphatic heterocycles. The van der Waals surface area contributed by atoms with E-state index in [0.717, 1.165) is 23.5 Å². The van der Waals surface area contributed by atoms with E-state index in [1.165, 1.54) is 12.1 Å². The number of rotatable bonds is 4. The lowest BCUT2D eigenvalue weighted by atomic mass is 10.1. The van der Waals surface area contributed by atoms with Gasteiger partial charge in [-0.15, -0.1) is 0 Å². The summed E-state index contributed by atoms with van der Waals surface area (Å²) in [5, 5.41) is 0.255. The van der Waals surface area contributed by atoms with Gasteiger partial charge in [0.25, 0.3) is 0 Å². The molecule has 8 heteroatoms. The summed E-state index contributed by atoms with van der Waals surface area (Å²) in [5.41, 5.74) is 1.32. The lowest BCUT2D eigenvalue weighted by Gasteiger charge is -2.35. The van der Waals surface area contributed by atoms with Crippen LogP contribution < -0.4 is 9.47 Å². The smallest absolute Gasteiger partial charge is 0.231 e. The van der Waals surface area contributed by atoms with Crippen LogP contribution in [0.2, 0.25) is 5.02 Å². The van der Waals surface area contributed by atoms with Crippen LogP contribution in [-0.2, 0) is 16.0 Å². The van der Waals surface area contributed by atoms with Gasteiger partial charge < -0.3 is 19.3 Å². The molecule has 0 N–H and O–H groups in total. The second-order valence-corrected chi connectivity index (χ2v) is 8.55. The Morgan fingerprint density at radius 1 is 1.03 bits per heavy atom. The number of carbonyl (C=O) groups is 2. The predicted octanol–water partition coefficient (Wildman–Crippen LogP) is 3.22. The fourth-order valence-corrected chi connectivity index (χ4v) is 4.58. The zero-order valence-corrected chi connectivity index (χ0v) is 17.6. The Morgan fingerprint density at radius 3 is 2.55 bits per heavy atom. The van der Waals surface area contributed by atoms with E-state index in [2.05, 4.69) is 0 Å². The van der Waals surface area contributed by atoms with Crippen molar-refractivity contribution in [1.29, 1.82) is 0 Å². The van der Waals surface area contributed by atoms with E-state index in [-0.39, 0.29) is 47.5 Å². The molecule has 2 fully saturated rings. The van der Waals surface area contributed by atoms with Gasteiger partial charge in [-0.25, -0.2) is 4.39 Å². The zero-order valence-electron chi connectivity index (χ0n) is 16.9. The van der Waals surface area contributed by atoms with Gasteiger partial charge in [-0.2, -0.15) is 0 Å². The SMILES string of the molecule is O=C(Cc1c(F)cccc1Cl)N1CCN(C(=O)[C@H]2C[C@H]2c2ccc3c(c2)OCO3)CC1. The third-order valence-corrected chi connectivity index (χ3v) is 6.62. The first-order valence-corrected chi connectivity index (χ1v) is 10.8. The number of piperazine rings is 1. The minimum Gasteiger partial charge on any atom is -0.454 e. The largest absolute Gasteiger partial charge is 0.454 e. The van der Waals surface area contributed by atoms with E-state index >= 15 is 0 Å². The highest BCUT2D eigenvalue weighted by Gasteiger charge is 2.46. The van der Waals surface area contributed by atoms with Crippen LogP contribution in [0.5, 0.6) is 11.5 Å². The Kier molecular flexibility index (Phi) is 5.22. The van der Waals surface area contributed by atoms with Crippen molar-refractivity contribution in [2.45, 2.75) is 18.8 Å². The number of ether oxygens (including phenoxy) is 2. The first kappa shape index (κ1) is 20.1. The highest BCUT2D eigenvalue weighted by atomic mass is 35.5. The second kappa shape index (κ2) is 8.04. The molecule has 2 atom stereocenters. The summed E-state index contributed by atoms with van der Waals surface area (Å²) in [7, 11) is 0. The molecule has 0 aromatic heterocycles. The predicted molar refractivity (Wildman–Crippen MR) is 112 cm³/mol. The molecule has 2 aromatic rings. The number of hydrogen-bond acceptors (Lipinski definition) is 4. The molecule has 0 unspecified atom stereocenters. The van der Waals surface area contributed by atoms with Gasteiger partial charge in [0.15, 0.2) is 11.5 Å². The number of halogens is 2. The van der Waals surface area contributed by atoms with Crippen molar-refractivity contribution < 1.29 is 23.5 Å². The highest BCUT2D eigenvalue weighted by Crippen LogP contribution is 2.50. The first-order chi connectivity index (χ1) is 15.0. The van der Waals surface area contributed by atoms with Crippen molar-refractivity contribution in [3.8, 4) is 11.5 Å². The summed E-state index contributed by atoms with van der Waals surface area (Å²) in [6, 6.07) is 10.3.